The molecule has 0 bridgehead atoms. The third-order valence-corrected chi connectivity index (χ3v) is 4.63. The second-order valence-corrected chi connectivity index (χ2v) is 6.39. The van der Waals surface area contributed by atoms with Crippen molar-refractivity contribution >= 4 is 17.5 Å². The number of benzene rings is 2. The van der Waals surface area contributed by atoms with E-state index in [0.29, 0.717) is 29.3 Å². The number of hydrogen-bond acceptors (Lipinski definition) is 5. The van der Waals surface area contributed by atoms with E-state index in [9.17, 15) is 9.59 Å². The number of hydrogen-bond donors (Lipinski definition) is 2. The van der Waals surface area contributed by atoms with Crippen LogP contribution in [0.4, 0.5) is 5.69 Å². The van der Waals surface area contributed by atoms with Crippen LogP contribution in [0, 0.1) is 0 Å². The lowest BCUT2D eigenvalue weighted by molar-refractivity contribution is -0.117. The third kappa shape index (κ3) is 4.20. The molecule has 1 aliphatic rings. The predicted molar refractivity (Wildman–Crippen MR) is 102 cm³/mol. The smallest absolute Gasteiger partial charge is 0.250 e. The second-order valence-electron chi connectivity index (χ2n) is 6.39. The minimum atomic E-state index is -0.571. The molecule has 27 heavy (non-hydrogen) atoms. The number of carbonyl (C=O) groups excluding carboxylic acids is 2. The molecular formula is C20H23N3O4. The van der Waals surface area contributed by atoms with Crippen molar-refractivity contribution in [2.45, 2.75) is 13.0 Å². The number of rotatable bonds is 6. The number of nitrogens with two attached hydrogens (primary N) is 1. The number of primary amides is 1. The molecule has 2 aromatic rings. The molecule has 1 heterocycles. The van der Waals surface area contributed by atoms with Crippen molar-refractivity contribution in [3.63, 3.8) is 0 Å². The first-order chi connectivity index (χ1) is 13.0. The molecule has 0 unspecified atom stereocenters. The van der Waals surface area contributed by atoms with Crippen molar-refractivity contribution < 1.29 is 19.1 Å². The van der Waals surface area contributed by atoms with E-state index in [4.69, 9.17) is 15.2 Å². The fourth-order valence-corrected chi connectivity index (χ4v) is 3.28. The molecule has 0 aromatic heterocycles. The van der Waals surface area contributed by atoms with E-state index in [2.05, 4.69) is 10.2 Å². The Morgan fingerprint density at radius 1 is 1.11 bits per heavy atom. The molecular weight excluding hydrogens is 346 g/mol. The summed E-state index contributed by atoms with van der Waals surface area (Å²) in [5.74, 6) is 0.634. The lowest BCUT2D eigenvalue weighted by Gasteiger charge is -2.29. The lowest BCUT2D eigenvalue weighted by Crippen LogP contribution is -2.37. The Hall–Kier alpha value is -3.06. The van der Waals surface area contributed by atoms with Gasteiger partial charge in [0.15, 0.2) is 11.5 Å². The summed E-state index contributed by atoms with van der Waals surface area (Å²) in [6.45, 7) is 1.62. The molecule has 0 fully saturated rings. The standard InChI is InChI=1S/C20H23N3O4/c1-26-17-9-13-7-8-23(11-14(13)10-18(17)27-2)12-19(24)22-16-6-4-3-5-15(16)20(21)25/h3-6,9-10H,7-8,11-12H2,1-2H3,(H2,21,25)(H,22,24). The number of nitrogens with one attached hydrogen (secondary N) is 1. The molecule has 7 nitrogen and oxygen atoms in total. The van der Waals surface area contributed by atoms with Gasteiger partial charge in [0.25, 0.3) is 5.91 Å². The highest BCUT2D eigenvalue weighted by molar-refractivity contribution is 6.03. The average Bonchev–Trinajstić information content (AvgIpc) is 2.66. The summed E-state index contributed by atoms with van der Waals surface area (Å²) in [4.78, 5) is 26.0. The van der Waals surface area contributed by atoms with Crippen LogP contribution in [0.2, 0.25) is 0 Å². The number of ether oxygens (including phenoxy) is 2. The molecule has 0 radical (unpaired) electrons. The topological polar surface area (TPSA) is 93.9 Å². The van der Waals surface area contributed by atoms with Crippen molar-refractivity contribution in [1.29, 1.82) is 0 Å². The highest BCUT2D eigenvalue weighted by Crippen LogP contribution is 2.33. The number of nitrogens with zero attached hydrogens (tertiary/aromatic N) is 1. The predicted octanol–water partition coefficient (Wildman–Crippen LogP) is 1.80. The zero-order valence-corrected chi connectivity index (χ0v) is 15.5. The van der Waals surface area contributed by atoms with Gasteiger partial charge in [-0.05, 0) is 41.8 Å². The van der Waals surface area contributed by atoms with Crippen LogP contribution in [0.25, 0.3) is 0 Å². The summed E-state index contributed by atoms with van der Waals surface area (Å²) >= 11 is 0. The van der Waals surface area contributed by atoms with Gasteiger partial charge in [0, 0.05) is 13.1 Å². The zero-order chi connectivity index (χ0) is 19.4. The average molecular weight is 369 g/mol. The van der Waals surface area contributed by atoms with Gasteiger partial charge < -0.3 is 20.5 Å². The maximum atomic E-state index is 12.4. The second kappa shape index (κ2) is 8.09. The van der Waals surface area contributed by atoms with Crippen LogP contribution in [-0.2, 0) is 17.8 Å². The molecule has 1 aliphatic heterocycles. The van der Waals surface area contributed by atoms with E-state index in [1.165, 1.54) is 5.56 Å². The highest BCUT2D eigenvalue weighted by atomic mass is 16.5. The summed E-state index contributed by atoms with van der Waals surface area (Å²) in [6, 6.07) is 10.7. The number of anilines is 1. The summed E-state index contributed by atoms with van der Waals surface area (Å²) in [5, 5.41) is 2.78. The number of fused-ring (bicyclic) bond motifs is 1. The van der Waals surface area contributed by atoms with Crippen LogP contribution in [-0.4, -0.2) is 44.0 Å². The molecule has 3 rings (SSSR count). The Morgan fingerprint density at radius 3 is 2.44 bits per heavy atom. The van der Waals surface area contributed by atoms with Crippen molar-refractivity contribution in [3.8, 4) is 11.5 Å². The molecule has 2 aromatic carbocycles. The monoisotopic (exact) mass is 369 g/mol. The maximum Gasteiger partial charge on any atom is 0.250 e. The van der Waals surface area contributed by atoms with Gasteiger partial charge in [-0.1, -0.05) is 12.1 Å². The first kappa shape index (κ1) is 18.7. The summed E-state index contributed by atoms with van der Waals surface area (Å²) in [5.41, 5.74) is 8.40. The molecule has 0 spiro atoms. The van der Waals surface area contributed by atoms with Crippen LogP contribution < -0.4 is 20.5 Å². The minimum Gasteiger partial charge on any atom is -0.493 e. The van der Waals surface area contributed by atoms with Gasteiger partial charge in [-0.15, -0.1) is 0 Å². The van der Waals surface area contributed by atoms with Crippen LogP contribution >= 0.6 is 0 Å². The molecule has 7 heteroatoms. The SMILES string of the molecule is COc1cc2c(cc1OC)CN(CC(=O)Nc1ccccc1C(N)=O)CC2. The number of amides is 2. The Morgan fingerprint density at radius 2 is 1.78 bits per heavy atom. The van der Waals surface area contributed by atoms with E-state index in [1.807, 2.05) is 12.1 Å². The van der Waals surface area contributed by atoms with Crippen molar-refractivity contribution in [2.75, 3.05) is 32.6 Å². The van der Waals surface area contributed by atoms with E-state index in [1.54, 1.807) is 38.5 Å². The van der Waals surface area contributed by atoms with E-state index < -0.39 is 5.91 Å². The fraction of sp³-hybridized carbons (Fsp3) is 0.300. The summed E-state index contributed by atoms with van der Waals surface area (Å²) in [6.07, 6.45) is 0.820. The molecule has 3 N–H and O–H groups in total. The first-order valence-corrected chi connectivity index (χ1v) is 8.66. The van der Waals surface area contributed by atoms with Crippen LogP contribution in [0.15, 0.2) is 36.4 Å². The Bertz CT molecular complexity index is 866. The Balaban J connectivity index is 1.68. The van der Waals surface area contributed by atoms with E-state index in [0.717, 1.165) is 18.5 Å². The largest absolute Gasteiger partial charge is 0.493 e. The van der Waals surface area contributed by atoms with Gasteiger partial charge in [-0.3, -0.25) is 14.5 Å². The molecule has 2 amide bonds. The fourth-order valence-electron chi connectivity index (χ4n) is 3.28. The lowest BCUT2D eigenvalue weighted by atomic mass is 9.99. The molecule has 142 valence electrons. The highest BCUT2D eigenvalue weighted by Gasteiger charge is 2.21. The van der Waals surface area contributed by atoms with E-state index >= 15 is 0 Å². The number of para-hydroxylation sites is 1. The molecule has 0 saturated heterocycles. The Kier molecular flexibility index (Phi) is 5.61. The molecule has 0 atom stereocenters. The van der Waals surface area contributed by atoms with Gasteiger partial charge in [0.1, 0.15) is 0 Å². The van der Waals surface area contributed by atoms with E-state index in [-0.39, 0.29) is 12.5 Å². The van der Waals surface area contributed by atoms with Crippen LogP contribution in [0.3, 0.4) is 0 Å². The van der Waals surface area contributed by atoms with Crippen LogP contribution in [0.1, 0.15) is 21.5 Å². The Labute approximate surface area is 158 Å². The van der Waals surface area contributed by atoms with Crippen molar-refractivity contribution in [2.24, 2.45) is 5.73 Å². The number of methoxy groups -OCH3 is 2. The number of carbonyl (C=O) groups is 2. The molecule has 0 saturated carbocycles. The zero-order valence-electron chi connectivity index (χ0n) is 15.5. The molecule has 0 aliphatic carbocycles. The normalized spacial score (nSPS) is 13.6. The van der Waals surface area contributed by atoms with Gasteiger partial charge in [0.05, 0.1) is 32.0 Å². The third-order valence-electron chi connectivity index (χ3n) is 4.63. The first-order valence-electron chi connectivity index (χ1n) is 8.66. The minimum absolute atomic E-state index is 0.187. The summed E-state index contributed by atoms with van der Waals surface area (Å²) in [7, 11) is 3.22. The maximum absolute atomic E-state index is 12.4. The van der Waals surface area contributed by atoms with Gasteiger partial charge in [-0.25, -0.2) is 0 Å². The summed E-state index contributed by atoms with van der Waals surface area (Å²) < 4.78 is 10.7. The van der Waals surface area contributed by atoms with Gasteiger partial charge in [0.2, 0.25) is 5.91 Å². The van der Waals surface area contributed by atoms with Gasteiger partial charge >= 0.3 is 0 Å². The van der Waals surface area contributed by atoms with Crippen molar-refractivity contribution in [3.05, 3.63) is 53.1 Å². The van der Waals surface area contributed by atoms with Gasteiger partial charge in [-0.2, -0.15) is 0 Å². The van der Waals surface area contributed by atoms with Crippen molar-refractivity contribution in [1.82, 2.24) is 4.90 Å². The quantitative estimate of drug-likeness (QED) is 0.810. The van der Waals surface area contributed by atoms with Crippen LogP contribution in [0.5, 0.6) is 11.5 Å².